The molecule has 1 fully saturated rings. The van der Waals surface area contributed by atoms with E-state index in [-0.39, 0.29) is 18.1 Å². The third kappa shape index (κ3) is 2.77. The van der Waals surface area contributed by atoms with Gasteiger partial charge in [0.25, 0.3) is 0 Å². The van der Waals surface area contributed by atoms with Crippen molar-refractivity contribution < 1.29 is 18.3 Å². The van der Waals surface area contributed by atoms with Gasteiger partial charge in [-0.15, -0.1) is 0 Å². The number of benzene rings is 1. The van der Waals surface area contributed by atoms with Crippen LogP contribution in [0.3, 0.4) is 0 Å². The Morgan fingerprint density at radius 2 is 2.17 bits per heavy atom. The fraction of sp³-hybridized carbons (Fsp3) is 0.455. The van der Waals surface area contributed by atoms with Crippen molar-refractivity contribution in [1.29, 1.82) is 0 Å². The van der Waals surface area contributed by atoms with Crippen LogP contribution in [-0.4, -0.2) is 37.2 Å². The van der Waals surface area contributed by atoms with Crippen LogP contribution < -0.4 is 10.5 Å². The fourth-order valence-corrected chi connectivity index (χ4v) is 3.81. The van der Waals surface area contributed by atoms with Gasteiger partial charge in [-0.2, -0.15) is 0 Å². The summed E-state index contributed by atoms with van der Waals surface area (Å²) in [6.07, 6.45) is -1.82. The average molecular weight is 292 g/mol. The van der Waals surface area contributed by atoms with Crippen LogP contribution in [0.15, 0.2) is 18.2 Å². The van der Waals surface area contributed by atoms with E-state index in [0.29, 0.717) is 16.3 Å². The van der Waals surface area contributed by atoms with Crippen molar-refractivity contribution in [2.75, 3.05) is 11.5 Å². The summed E-state index contributed by atoms with van der Waals surface area (Å²) in [5.74, 6) is -0.133. The van der Waals surface area contributed by atoms with Gasteiger partial charge in [0.1, 0.15) is 18.0 Å². The van der Waals surface area contributed by atoms with Gasteiger partial charge in [-0.1, -0.05) is 23.7 Å². The van der Waals surface area contributed by atoms with Gasteiger partial charge in [-0.25, -0.2) is 8.42 Å². The molecule has 0 aliphatic carbocycles. The maximum absolute atomic E-state index is 11.4. The highest BCUT2D eigenvalue weighted by Gasteiger charge is 2.38. The molecule has 1 saturated heterocycles. The number of aliphatic hydroxyl groups is 1. The normalized spacial score (nSPS) is 26.2. The number of ether oxygens (including phenoxy) is 1. The molecule has 3 N–H and O–H groups in total. The molecule has 1 aliphatic rings. The van der Waals surface area contributed by atoms with Crippen LogP contribution >= 0.6 is 11.6 Å². The van der Waals surface area contributed by atoms with Crippen molar-refractivity contribution in [3.05, 3.63) is 28.8 Å². The van der Waals surface area contributed by atoms with Gasteiger partial charge in [-0.05, 0) is 6.07 Å². The Bertz CT molecular complexity index is 546. The Balaban J connectivity index is 2.25. The highest BCUT2D eigenvalue weighted by molar-refractivity contribution is 7.91. The monoisotopic (exact) mass is 291 g/mol. The Labute approximate surface area is 110 Å². The lowest BCUT2D eigenvalue weighted by molar-refractivity contribution is 0.0732. The number of para-hydroxylation sites is 1. The van der Waals surface area contributed by atoms with Gasteiger partial charge >= 0.3 is 0 Å². The van der Waals surface area contributed by atoms with Crippen LogP contribution in [0.25, 0.3) is 0 Å². The molecular weight excluding hydrogens is 278 g/mol. The topological polar surface area (TPSA) is 89.6 Å². The molecule has 2 unspecified atom stereocenters. The van der Waals surface area contributed by atoms with E-state index in [1.54, 1.807) is 18.2 Å². The maximum Gasteiger partial charge on any atom is 0.156 e. The highest BCUT2D eigenvalue weighted by atomic mass is 35.5. The van der Waals surface area contributed by atoms with Crippen LogP contribution in [0.1, 0.15) is 5.56 Å². The minimum Gasteiger partial charge on any atom is -0.485 e. The molecule has 0 saturated carbocycles. The lowest BCUT2D eigenvalue weighted by Crippen LogP contribution is -2.30. The summed E-state index contributed by atoms with van der Waals surface area (Å²) in [6, 6.07) is 5.11. The van der Waals surface area contributed by atoms with E-state index in [1.165, 1.54) is 0 Å². The number of hydrogen-bond acceptors (Lipinski definition) is 5. The second kappa shape index (κ2) is 5.05. The Morgan fingerprint density at radius 3 is 2.72 bits per heavy atom. The predicted molar refractivity (Wildman–Crippen MR) is 68.4 cm³/mol. The lowest BCUT2D eigenvalue weighted by Gasteiger charge is -2.18. The molecule has 1 aromatic carbocycles. The van der Waals surface area contributed by atoms with Crippen LogP contribution in [-0.2, 0) is 16.4 Å². The molecule has 0 amide bonds. The van der Waals surface area contributed by atoms with E-state index >= 15 is 0 Å². The van der Waals surface area contributed by atoms with E-state index in [2.05, 4.69) is 0 Å². The first-order valence-electron chi connectivity index (χ1n) is 5.45. The van der Waals surface area contributed by atoms with E-state index in [1.807, 2.05) is 0 Å². The predicted octanol–water partition coefficient (Wildman–Crippen LogP) is 0.335. The van der Waals surface area contributed by atoms with Crippen LogP contribution in [0.2, 0.25) is 5.02 Å². The molecule has 18 heavy (non-hydrogen) atoms. The number of hydrogen-bond donors (Lipinski definition) is 2. The summed E-state index contributed by atoms with van der Waals surface area (Å²) in [6.45, 7) is 0.228. The molecule has 0 bridgehead atoms. The van der Waals surface area contributed by atoms with Crippen molar-refractivity contribution in [3.8, 4) is 5.75 Å². The number of sulfone groups is 1. The number of aliphatic hydroxyl groups excluding tert-OH is 1. The molecule has 1 heterocycles. The summed E-state index contributed by atoms with van der Waals surface area (Å²) in [7, 11) is -3.25. The van der Waals surface area contributed by atoms with Gasteiger partial charge in [0.05, 0.1) is 16.5 Å². The summed E-state index contributed by atoms with van der Waals surface area (Å²) in [4.78, 5) is 0. The molecule has 0 radical (unpaired) electrons. The van der Waals surface area contributed by atoms with Crippen LogP contribution in [0.5, 0.6) is 5.75 Å². The third-order valence-corrected chi connectivity index (χ3v) is 4.79. The Morgan fingerprint density at radius 1 is 1.44 bits per heavy atom. The van der Waals surface area contributed by atoms with E-state index in [9.17, 15) is 13.5 Å². The van der Waals surface area contributed by atoms with Crippen molar-refractivity contribution >= 4 is 21.4 Å². The van der Waals surface area contributed by atoms with Crippen molar-refractivity contribution in [3.63, 3.8) is 0 Å². The largest absolute Gasteiger partial charge is 0.485 e. The molecule has 0 spiro atoms. The zero-order valence-electron chi connectivity index (χ0n) is 9.54. The van der Waals surface area contributed by atoms with Crippen LogP contribution in [0.4, 0.5) is 0 Å². The standard InChI is InChI=1S/C11H14ClNO4S/c12-8-3-1-2-7(4-13)11(8)17-10-6-18(15,16)5-9(10)14/h1-3,9-10,14H,4-6,13H2. The molecule has 5 nitrogen and oxygen atoms in total. The molecule has 0 aromatic heterocycles. The van der Waals surface area contributed by atoms with E-state index < -0.39 is 22.0 Å². The Hall–Kier alpha value is -0.820. The van der Waals surface area contributed by atoms with E-state index in [0.717, 1.165) is 0 Å². The molecule has 100 valence electrons. The first kappa shape index (κ1) is 13.6. The molecule has 2 rings (SSSR count). The quantitative estimate of drug-likeness (QED) is 0.838. The zero-order chi connectivity index (χ0) is 13.3. The SMILES string of the molecule is NCc1cccc(Cl)c1OC1CS(=O)(=O)CC1O. The second-order valence-corrected chi connectivity index (χ2v) is 6.79. The maximum atomic E-state index is 11.4. The molecule has 7 heteroatoms. The summed E-state index contributed by atoms with van der Waals surface area (Å²) in [5.41, 5.74) is 6.24. The highest BCUT2D eigenvalue weighted by Crippen LogP contribution is 2.31. The number of halogens is 1. The molecule has 1 aliphatic heterocycles. The Kier molecular flexibility index (Phi) is 3.82. The summed E-state index contributed by atoms with van der Waals surface area (Å²) in [5, 5.41) is 10.0. The van der Waals surface area contributed by atoms with E-state index in [4.69, 9.17) is 22.1 Å². The summed E-state index contributed by atoms with van der Waals surface area (Å²) >= 11 is 5.99. The van der Waals surface area contributed by atoms with Crippen LogP contribution in [0, 0.1) is 0 Å². The molecular formula is C11H14ClNO4S. The summed E-state index contributed by atoms with van der Waals surface area (Å²) < 4.78 is 28.3. The number of rotatable bonds is 3. The minimum absolute atomic E-state index is 0.205. The van der Waals surface area contributed by atoms with Gasteiger partial charge in [0.2, 0.25) is 0 Å². The van der Waals surface area contributed by atoms with Gasteiger partial charge in [-0.3, -0.25) is 0 Å². The average Bonchev–Trinajstić information content (AvgIpc) is 2.54. The first-order valence-corrected chi connectivity index (χ1v) is 7.65. The van der Waals surface area contributed by atoms with Gasteiger partial charge in [0, 0.05) is 12.1 Å². The zero-order valence-corrected chi connectivity index (χ0v) is 11.1. The number of nitrogens with two attached hydrogens (primary N) is 1. The molecule has 2 atom stereocenters. The fourth-order valence-electron chi connectivity index (χ4n) is 1.91. The minimum atomic E-state index is -3.25. The first-order chi connectivity index (χ1) is 8.43. The second-order valence-electron chi connectivity index (χ2n) is 4.23. The smallest absolute Gasteiger partial charge is 0.156 e. The van der Waals surface area contributed by atoms with Crippen molar-refractivity contribution in [2.24, 2.45) is 5.73 Å². The molecule has 1 aromatic rings. The third-order valence-electron chi connectivity index (χ3n) is 2.81. The van der Waals surface area contributed by atoms with Crippen molar-refractivity contribution in [2.45, 2.75) is 18.8 Å². The van der Waals surface area contributed by atoms with Crippen molar-refractivity contribution in [1.82, 2.24) is 0 Å². The lowest BCUT2D eigenvalue weighted by atomic mass is 10.2. The van der Waals surface area contributed by atoms with Gasteiger partial charge in [0.15, 0.2) is 9.84 Å². The van der Waals surface area contributed by atoms with Gasteiger partial charge < -0.3 is 15.6 Å².